The van der Waals surface area contributed by atoms with Crippen LogP contribution in [0.4, 0.5) is 0 Å². The molecule has 3 aromatic rings. The molecule has 1 saturated carbocycles. The van der Waals surface area contributed by atoms with Crippen molar-refractivity contribution in [1.82, 2.24) is 4.98 Å². The molecule has 33 heavy (non-hydrogen) atoms. The van der Waals surface area contributed by atoms with E-state index in [1.807, 2.05) is 18.2 Å². The topological polar surface area (TPSA) is 95.0 Å². The molecular formula is C25H20BrNO6. The summed E-state index contributed by atoms with van der Waals surface area (Å²) < 4.78 is 17.5. The number of carbonyl (C=O) groups is 2. The van der Waals surface area contributed by atoms with Gasteiger partial charge in [0.1, 0.15) is 5.92 Å². The normalized spacial score (nSPS) is 27.5. The lowest BCUT2D eigenvalue weighted by molar-refractivity contribution is -0.155. The van der Waals surface area contributed by atoms with Crippen LogP contribution in [0.25, 0.3) is 0 Å². The lowest BCUT2D eigenvalue weighted by atomic mass is 9.71. The molecule has 1 aliphatic carbocycles. The fourth-order valence-corrected chi connectivity index (χ4v) is 5.40. The fourth-order valence-electron chi connectivity index (χ4n) is 5.13. The third-order valence-corrected chi connectivity index (χ3v) is 7.05. The first-order chi connectivity index (χ1) is 15.9. The number of aromatic nitrogens is 1. The Morgan fingerprint density at radius 1 is 1.06 bits per heavy atom. The van der Waals surface area contributed by atoms with Gasteiger partial charge in [-0.1, -0.05) is 58.4 Å². The van der Waals surface area contributed by atoms with Crippen molar-refractivity contribution in [2.24, 2.45) is 5.92 Å². The summed E-state index contributed by atoms with van der Waals surface area (Å²) in [5, 5.41) is 12.3. The molecule has 5 rings (SSSR count). The molecule has 0 bridgehead atoms. The average Bonchev–Trinajstić information content (AvgIpc) is 3.22. The van der Waals surface area contributed by atoms with Crippen molar-refractivity contribution >= 4 is 27.7 Å². The second-order valence-corrected chi connectivity index (χ2v) is 8.93. The maximum atomic E-state index is 14.0. The number of fused-ring (bicyclic) bond motifs is 3. The van der Waals surface area contributed by atoms with Crippen LogP contribution in [0.1, 0.15) is 22.6 Å². The molecule has 1 aromatic heterocycles. The van der Waals surface area contributed by atoms with E-state index in [2.05, 4.69) is 20.9 Å². The Balaban J connectivity index is 1.86. The highest BCUT2D eigenvalue weighted by Gasteiger charge is 2.78. The van der Waals surface area contributed by atoms with E-state index in [0.29, 0.717) is 11.1 Å². The number of methoxy groups -OCH3 is 2. The zero-order valence-corrected chi connectivity index (χ0v) is 19.4. The number of halogens is 1. The van der Waals surface area contributed by atoms with E-state index in [4.69, 9.17) is 14.2 Å². The summed E-state index contributed by atoms with van der Waals surface area (Å²) in [5.41, 5.74) is -2.48. The molecule has 0 spiro atoms. The van der Waals surface area contributed by atoms with Crippen LogP contribution in [0.2, 0.25) is 0 Å². The van der Waals surface area contributed by atoms with Crippen molar-refractivity contribution in [3.05, 3.63) is 87.9 Å². The highest BCUT2D eigenvalue weighted by Crippen LogP contribution is 2.66. The summed E-state index contributed by atoms with van der Waals surface area (Å²) >= 11 is 3.43. The van der Waals surface area contributed by atoms with Crippen LogP contribution >= 0.6 is 15.9 Å². The predicted molar refractivity (Wildman–Crippen MR) is 121 cm³/mol. The summed E-state index contributed by atoms with van der Waals surface area (Å²) in [7, 11) is 2.69. The van der Waals surface area contributed by atoms with Gasteiger partial charge in [-0.3, -0.25) is 9.59 Å². The Morgan fingerprint density at radius 3 is 2.39 bits per heavy atom. The minimum Gasteiger partial charge on any atom is -0.481 e. The van der Waals surface area contributed by atoms with Gasteiger partial charge < -0.3 is 19.3 Å². The molecule has 2 aromatic carbocycles. The number of nitrogens with zero attached hydrogens (tertiary/aromatic N) is 1. The van der Waals surface area contributed by atoms with E-state index in [1.54, 1.807) is 48.5 Å². The van der Waals surface area contributed by atoms with Crippen LogP contribution in [0.5, 0.6) is 11.8 Å². The van der Waals surface area contributed by atoms with Crippen molar-refractivity contribution in [2.75, 3.05) is 14.2 Å². The molecule has 7 nitrogen and oxygen atoms in total. The van der Waals surface area contributed by atoms with Crippen LogP contribution in [-0.2, 0) is 25.5 Å². The number of benzene rings is 2. The molecule has 1 N–H and O–H groups in total. The average molecular weight is 510 g/mol. The Kier molecular flexibility index (Phi) is 5.02. The zero-order chi connectivity index (χ0) is 23.4. The number of pyridine rings is 1. The number of ether oxygens (including phenoxy) is 3. The lowest BCUT2D eigenvalue weighted by Crippen LogP contribution is -2.50. The van der Waals surface area contributed by atoms with Crippen LogP contribution < -0.4 is 9.47 Å². The number of carbonyl (C=O) groups excluding carboxylic acids is 2. The number of hydrogen-bond acceptors (Lipinski definition) is 7. The lowest BCUT2D eigenvalue weighted by Gasteiger charge is -2.39. The van der Waals surface area contributed by atoms with Crippen molar-refractivity contribution in [3.8, 4) is 11.8 Å². The Morgan fingerprint density at radius 2 is 1.76 bits per heavy atom. The van der Waals surface area contributed by atoms with E-state index in [0.717, 1.165) is 4.47 Å². The summed E-state index contributed by atoms with van der Waals surface area (Å²) in [6.07, 6.45) is 0. The van der Waals surface area contributed by atoms with Gasteiger partial charge in [-0.25, -0.2) is 0 Å². The quantitative estimate of drug-likeness (QED) is 0.424. The molecule has 1 aliphatic heterocycles. The number of rotatable bonds is 4. The maximum absolute atomic E-state index is 14.0. The first-order valence-corrected chi connectivity index (χ1v) is 11.1. The van der Waals surface area contributed by atoms with Gasteiger partial charge >= 0.3 is 5.97 Å². The monoisotopic (exact) mass is 509 g/mol. The molecular weight excluding hydrogens is 490 g/mol. The van der Waals surface area contributed by atoms with Gasteiger partial charge in [-0.05, 0) is 29.3 Å². The predicted octanol–water partition coefficient (Wildman–Crippen LogP) is 3.48. The highest BCUT2D eigenvalue weighted by molar-refractivity contribution is 9.10. The van der Waals surface area contributed by atoms with Crippen molar-refractivity contribution in [1.29, 1.82) is 0 Å². The number of Topliss-reactive ketones (excluding diaryl/α,β-unsaturated/α-hetero) is 1. The van der Waals surface area contributed by atoms with E-state index in [9.17, 15) is 14.7 Å². The van der Waals surface area contributed by atoms with Crippen LogP contribution in [0, 0.1) is 5.92 Å². The number of esters is 1. The summed E-state index contributed by atoms with van der Waals surface area (Å²) in [5.74, 6) is -3.25. The van der Waals surface area contributed by atoms with Gasteiger partial charge in [0.15, 0.2) is 17.0 Å². The third kappa shape index (κ3) is 2.80. The van der Waals surface area contributed by atoms with Crippen LogP contribution in [0.3, 0.4) is 0 Å². The van der Waals surface area contributed by atoms with Gasteiger partial charge in [-0.2, -0.15) is 4.98 Å². The molecule has 2 aliphatic rings. The summed E-state index contributed by atoms with van der Waals surface area (Å²) in [6.45, 7) is 0. The number of hydrogen-bond donors (Lipinski definition) is 1. The van der Waals surface area contributed by atoms with E-state index in [-0.39, 0.29) is 17.3 Å². The van der Waals surface area contributed by atoms with Gasteiger partial charge in [0, 0.05) is 10.5 Å². The largest absolute Gasteiger partial charge is 0.481 e. The second-order valence-electron chi connectivity index (χ2n) is 8.01. The van der Waals surface area contributed by atoms with Gasteiger partial charge in [0.25, 0.3) is 0 Å². The molecule has 0 amide bonds. The van der Waals surface area contributed by atoms with Gasteiger partial charge in [0.05, 0.1) is 25.7 Å². The third-order valence-electron chi connectivity index (χ3n) is 6.53. The molecule has 0 saturated heterocycles. The molecule has 168 valence electrons. The molecule has 0 radical (unpaired) electrons. The van der Waals surface area contributed by atoms with Crippen molar-refractivity contribution in [2.45, 2.75) is 17.1 Å². The number of aliphatic hydroxyl groups is 1. The summed E-state index contributed by atoms with van der Waals surface area (Å²) in [4.78, 5) is 31.3. The summed E-state index contributed by atoms with van der Waals surface area (Å²) in [6, 6.07) is 19.3. The van der Waals surface area contributed by atoms with E-state index >= 15 is 0 Å². The number of ketones is 1. The Bertz CT molecular complexity index is 1250. The van der Waals surface area contributed by atoms with Crippen LogP contribution in [0.15, 0.2) is 71.2 Å². The van der Waals surface area contributed by atoms with Crippen LogP contribution in [-0.4, -0.2) is 36.1 Å². The highest BCUT2D eigenvalue weighted by atomic mass is 79.9. The standard InChI is InChI=1S/C25H20BrNO6/c1-31-18-13-12-17-22(27-18)33-25(15-8-10-16(26)11-9-15)20(14-6-4-3-5-7-14)19(23(29)32-2)21(28)24(17,25)30/h3-13,19-20,30H,1-2H3/t19-,20-,24+,25+/m1/s1. The molecule has 0 unspecified atom stereocenters. The molecule has 8 heteroatoms. The fraction of sp³-hybridized carbons (Fsp3) is 0.240. The zero-order valence-electron chi connectivity index (χ0n) is 17.8. The van der Waals surface area contributed by atoms with Gasteiger partial charge in [0.2, 0.25) is 11.8 Å². The maximum Gasteiger partial charge on any atom is 0.317 e. The Hall–Kier alpha value is -3.23. The first-order valence-electron chi connectivity index (χ1n) is 10.3. The van der Waals surface area contributed by atoms with Crippen molar-refractivity contribution in [3.63, 3.8) is 0 Å². The first kappa shape index (κ1) is 21.6. The molecule has 2 heterocycles. The van der Waals surface area contributed by atoms with E-state index in [1.165, 1.54) is 14.2 Å². The SMILES string of the molecule is COC(=O)[C@H]1C(=O)[C@@]2(O)c3ccc(OC)nc3O[C@@]2(c2ccc(Br)cc2)[C@@H]1c1ccccc1. The smallest absolute Gasteiger partial charge is 0.317 e. The molecule has 1 fully saturated rings. The van der Waals surface area contributed by atoms with Crippen molar-refractivity contribution < 1.29 is 28.9 Å². The van der Waals surface area contributed by atoms with Gasteiger partial charge in [-0.15, -0.1) is 0 Å². The minimum atomic E-state index is -2.19. The second kappa shape index (κ2) is 7.67. The minimum absolute atomic E-state index is 0.0809. The molecule has 4 atom stereocenters. The van der Waals surface area contributed by atoms with E-state index < -0.39 is 34.8 Å². The Labute approximate surface area is 198 Å².